The first kappa shape index (κ1) is 16.8. The van der Waals surface area contributed by atoms with Crippen LogP contribution in [0, 0.1) is 0 Å². The molecule has 0 saturated carbocycles. The van der Waals surface area contributed by atoms with Gasteiger partial charge in [-0.1, -0.05) is 41.9 Å². The molecule has 2 aromatic carbocycles. The third-order valence-corrected chi connectivity index (χ3v) is 4.94. The first-order valence-electron chi connectivity index (χ1n) is 8.59. The maximum absolute atomic E-state index is 13.1. The SMILES string of the molecule is O=C(c1cc(-n2cccn2)ccc1Cl)N1CCN[C@@H](c2ccccc2)C1. The van der Waals surface area contributed by atoms with Crippen molar-refractivity contribution in [3.63, 3.8) is 0 Å². The highest BCUT2D eigenvalue weighted by Gasteiger charge is 2.26. The van der Waals surface area contributed by atoms with Crippen LogP contribution in [0.5, 0.6) is 0 Å². The van der Waals surface area contributed by atoms with E-state index in [2.05, 4.69) is 22.5 Å². The van der Waals surface area contributed by atoms with Gasteiger partial charge in [0.1, 0.15) is 0 Å². The molecular weight excluding hydrogens is 348 g/mol. The minimum atomic E-state index is -0.0496. The van der Waals surface area contributed by atoms with Crippen molar-refractivity contribution in [2.45, 2.75) is 6.04 Å². The van der Waals surface area contributed by atoms with Gasteiger partial charge in [-0.15, -0.1) is 0 Å². The van der Waals surface area contributed by atoms with Crippen LogP contribution in [0.25, 0.3) is 5.69 Å². The average molecular weight is 367 g/mol. The molecule has 1 aromatic heterocycles. The molecule has 4 rings (SSSR count). The summed E-state index contributed by atoms with van der Waals surface area (Å²) < 4.78 is 1.72. The highest BCUT2D eigenvalue weighted by molar-refractivity contribution is 6.33. The molecule has 0 aliphatic carbocycles. The van der Waals surface area contributed by atoms with E-state index in [1.165, 1.54) is 5.56 Å². The van der Waals surface area contributed by atoms with Gasteiger partial charge in [0.25, 0.3) is 5.91 Å². The Hall–Kier alpha value is -2.63. The maximum Gasteiger partial charge on any atom is 0.255 e. The normalized spacial score (nSPS) is 17.3. The average Bonchev–Trinajstić information content (AvgIpc) is 3.23. The van der Waals surface area contributed by atoms with Crippen molar-refractivity contribution in [3.05, 3.63) is 83.1 Å². The summed E-state index contributed by atoms with van der Waals surface area (Å²) >= 11 is 6.33. The number of halogens is 1. The lowest BCUT2D eigenvalue weighted by Gasteiger charge is -2.34. The first-order valence-corrected chi connectivity index (χ1v) is 8.97. The molecule has 1 fully saturated rings. The van der Waals surface area contributed by atoms with Gasteiger partial charge in [-0.25, -0.2) is 4.68 Å². The van der Waals surface area contributed by atoms with Crippen LogP contribution < -0.4 is 5.32 Å². The lowest BCUT2D eigenvalue weighted by molar-refractivity contribution is 0.0703. The molecule has 1 aliphatic rings. The molecule has 1 atom stereocenters. The number of piperazine rings is 1. The Morgan fingerprint density at radius 1 is 1.15 bits per heavy atom. The predicted molar refractivity (Wildman–Crippen MR) is 102 cm³/mol. The van der Waals surface area contributed by atoms with Crippen molar-refractivity contribution in [2.24, 2.45) is 0 Å². The smallest absolute Gasteiger partial charge is 0.255 e. The van der Waals surface area contributed by atoms with Gasteiger partial charge < -0.3 is 10.2 Å². The molecule has 1 amide bonds. The molecule has 1 saturated heterocycles. The van der Waals surface area contributed by atoms with Crippen LogP contribution >= 0.6 is 11.6 Å². The molecule has 0 unspecified atom stereocenters. The summed E-state index contributed by atoms with van der Waals surface area (Å²) in [6, 6.07) is 17.6. The highest BCUT2D eigenvalue weighted by atomic mass is 35.5. The Bertz CT molecular complexity index is 895. The number of rotatable bonds is 3. The third-order valence-electron chi connectivity index (χ3n) is 4.61. The third kappa shape index (κ3) is 3.36. The van der Waals surface area contributed by atoms with E-state index in [4.69, 9.17) is 11.6 Å². The lowest BCUT2D eigenvalue weighted by atomic mass is 10.0. The number of carbonyl (C=O) groups excluding carboxylic acids is 1. The molecular formula is C20H19ClN4O. The summed E-state index contributed by atoms with van der Waals surface area (Å²) in [6.07, 6.45) is 3.55. The van der Waals surface area contributed by atoms with Crippen LogP contribution in [0.4, 0.5) is 0 Å². The fourth-order valence-corrected chi connectivity index (χ4v) is 3.45. The minimum Gasteiger partial charge on any atom is -0.335 e. The van der Waals surface area contributed by atoms with Crippen LogP contribution in [-0.4, -0.2) is 40.2 Å². The van der Waals surface area contributed by atoms with Crippen LogP contribution in [0.3, 0.4) is 0 Å². The Balaban J connectivity index is 1.58. The fraction of sp³-hybridized carbons (Fsp3) is 0.200. The molecule has 1 N–H and O–H groups in total. The Kier molecular flexibility index (Phi) is 4.73. The predicted octanol–water partition coefficient (Wildman–Crippen LogP) is 3.31. The number of amides is 1. The zero-order valence-corrected chi connectivity index (χ0v) is 14.9. The first-order chi connectivity index (χ1) is 12.7. The van der Waals surface area contributed by atoms with Crippen molar-refractivity contribution < 1.29 is 4.79 Å². The number of nitrogens with one attached hydrogen (secondary N) is 1. The van der Waals surface area contributed by atoms with Gasteiger partial charge in [0, 0.05) is 38.1 Å². The van der Waals surface area contributed by atoms with Gasteiger partial charge in [0.15, 0.2) is 0 Å². The number of hydrogen-bond donors (Lipinski definition) is 1. The minimum absolute atomic E-state index is 0.0496. The highest BCUT2D eigenvalue weighted by Crippen LogP contribution is 2.24. The van der Waals surface area contributed by atoms with Gasteiger partial charge in [-0.3, -0.25) is 4.79 Å². The maximum atomic E-state index is 13.1. The number of hydrogen-bond acceptors (Lipinski definition) is 3. The summed E-state index contributed by atoms with van der Waals surface area (Å²) in [4.78, 5) is 15.0. The second kappa shape index (κ2) is 7.32. The molecule has 132 valence electrons. The monoisotopic (exact) mass is 366 g/mol. The zero-order chi connectivity index (χ0) is 17.9. The number of aromatic nitrogens is 2. The molecule has 6 heteroatoms. The molecule has 0 spiro atoms. The zero-order valence-electron chi connectivity index (χ0n) is 14.2. The summed E-state index contributed by atoms with van der Waals surface area (Å²) in [5.41, 5.74) is 2.51. The topological polar surface area (TPSA) is 50.2 Å². The largest absolute Gasteiger partial charge is 0.335 e. The van der Waals surface area contributed by atoms with E-state index >= 15 is 0 Å². The summed E-state index contributed by atoms with van der Waals surface area (Å²) in [5, 5.41) is 8.16. The van der Waals surface area contributed by atoms with Crippen molar-refractivity contribution in [1.82, 2.24) is 20.0 Å². The quantitative estimate of drug-likeness (QED) is 0.773. The second-order valence-corrected chi connectivity index (χ2v) is 6.69. The molecule has 1 aliphatic heterocycles. The van der Waals surface area contributed by atoms with Crippen LogP contribution in [0.1, 0.15) is 22.0 Å². The molecule has 3 aromatic rings. The van der Waals surface area contributed by atoms with E-state index in [1.54, 1.807) is 23.0 Å². The standard InChI is InChI=1S/C20H19ClN4O/c21-18-8-7-16(25-11-4-9-23-25)13-17(18)20(26)24-12-10-22-19(14-24)15-5-2-1-3-6-15/h1-9,11,13,19,22H,10,12,14H2/t19-/m1/s1. The van der Waals surface area contributed by atoms with E-state index in [-0.39, 0.29) is 11.9 Å². The van der Waals surface area contributed by atoms with Gasteiger partial charge >= 0.3 is 0 Å². The summed E-state index contributed by atoms with van der Waals surface area (Å²) in [5.74, 6) is -0.0496. The van der Waals surface area contributed by atoms with Crippen molar-refractivity contribution in [3.8, 4) is 5.69 Å². The van der Waals surface area contributed by atoms with Crippen LogP contribution in [-0.2, 0) is 0 Å². The fourth-order valence-electron chi connectivity index (χ4n) is 3.25. The lowest BCUT2D eigenvalue weighted by Crippen LogP contribution is -2.48. The number of nitrogens with zero attached hydrogens (tertiary/aromatic N) is 3. The van der Waals surface area contributed by atoms with Crippen molar-refractivity contribution in [2.75, 3.05) is 19.6 Å². The van der Waals surface area contributed by atoms with Crippen LogP contribution in [0.2, 0.25) is 5.02 Å². The van der Waals surface area contributed by atoms with Gasteiger partial charge in [0.05, 0.1) is 16.3 Å². The van der Waals surface area contributed by atoms with E-state index in [0.717, 1.165) is 12.2 Å². The number of benzene rings is 2. The molecule has 0 bridgehead atoms. The van der Waals surface area contributed by atoms with Gasteiger partial charge in [-0.05, 0) is 29.8 Å². The van der Waals surface area contributed by atoms with Gasteiger partial charge in [0.2, 0.25) is 0 Å². The molecule has 2 heterocycles. The van der Waals surface area contributed by atoms with E-state index in [0.29, 0.717) is 23.7 Å². The molecule has 5 nitrogen and oxygen atoms in total. The second-order valence-electron chi connectivity index (χ2n) is 6.28. The molecule has 0 radical (unpaired) electrons. The summed E-state index contributed by atoms with van der Waals surface area (Å²) in [7, 11) is 0. The summed E-state index contributed by atoms with van der Waals surface area (Å²) in [6.45, 7) is 2.03. The van der Waals surface area contributed by atoms with Crippen molar-refractivity contribution >= 4 is 17.5 Å². The van der Waals surface area contributed by atoms with E-state index < -0.39 is 0 Å². The van der Waals surface area contributed by atoms with Crippen LogP contribution in [0.15, 0.2) is 67.0 Å². The van der Waals surface area contributed by atoms with Crippen molar-refractivity contribution in [1.29, 1.82) is 0 Å². The number of carbonyl (C=O) groups is 1. The van der Waals surface area contributed by atoms with E-state index in [1.807, 2.05) is 41.4 Å². The van der Waals surface area contributed by atoms with E-state index in [9.17, 15) is 4.79 Å². The van der Waals surface area contributed by atoms with Gasteiger partial charge in [-0.2, -0.15) is 5.10 Å². The Morgan fingerprint density at radius 2 is 2.00 bits per heavy atom. The Morgan fingerprint density at radius 3 is 2.77 bits per heavy atom. The Labute approximate surface area is 157 Å². The molecule has 26 heavy (non-hydrogen) atoms.